The predicted molar refractivity (Wildman–Crippen MR) is 74.9 cm³/mol. The SMILES string of the molecule is CC(Nc1cc(Cl)cc(C(F)(F)F)c1)c1ccc(Br)o1. The van der Waals surface area contributed by atoms with Crippen LogP contribution in [-0.2, 0) is 6.18 Å². The van der Waals surface area contributed by atoms with Gasteiger partial charge in [0.25, 0.3) is 0 Å². The number of hydrogen-bond donors (Lipinski definition) is 1. The van der Waals surface area contributed by atoms with Crippen LogP contribution in [0.2, 0.25) is 5.02 Å². The van der Waals surface area contributed by atoms with Crippen molar-refractivity contribution < 1.29 is 17.6 Å². The zero-order valence-electron chi connectivity index (χ0n) is 10.3. The van der Waals surface area contributed by atoms with Gasteiger partial charge in [-0.15, -0.1) is 0 Å². The maximum atomic E-state index is 12.7. The number of benzene rings is 1. The zero-order valence-corrected chi connectivity index (χ0v) is 12.6. The lowest BCUT2D eigenvalue weighted by Gasteiger charge is -2.15. The average Bonchev–Trinajstić information content (AvgIpc) is 2.74. The van der Waals surface area contributed by atoms with Gasteiger partial charge in [-0.1, -0.05) is 11.6 Å². The third kappa shape index (κ3) is 3.70. The Morgan fingerprint density at radius 1 is 1.25 bits per heavy atom. The number of hydrogen-bond acceptors (Lipinski definition) is 2. The second-order valence-corrected chi connectivity index (χ2v) is 5.45. The molecule has 0 spiro atoms. The van der Waals surface area contributed by atoms with Crippen LogP contribution in [0, 0.1) is 0 Å². The first-order valence-electron chi connectivity index (χ1n) is 5.65. The Morgan fingerprint density at radius 2 is 1.95 bits per heavy atom. The predicted octanol–water partition coefficient (Wildman–Crippen LogP) is 5.89. The summed E-state index contributed by atoms with van der Waals surface area (Å²) in [7, 11) is 0. The normalized spacial score (nSPS) is 13.3. The molecule has 108 valence electrons. The summed E-state index contributed by atoms with van der Waals surface area (Å²) in [5.41, 5.74) is -0.509. The molecule has 0 aliphatic carbocycles. The van der Waals surface area contributed by atoms with Crippen LogP contribution in [0.5, 0.6) is 0 Å². The molecule has 1 atom stereocenters. The fourth-order valence-electron chi connectivity index (χ4n) is 1.72. The smallest absolute Gasteiger partial charge is 0.416 e. The molecule has 2 rings (SSSR count). The summed E-state index contributed by atoms with van der Waals surface area (Å²) in [5.74, 6) is 0.602. The van der Waals surface area contributed by atoms with Crippen molar-refractivity contribution in [2.45, 2.75) is 19.1 Å². The van der Waals surface area contributed by atoms with Crippen molar-refractivity contribution in [2.24, 2.45) is 0 Å². The Morgan fingerprint density at radius 3 is 2.50 bits per heavy atom. The third-order valence-corrected chi connectivity index (χ3v) is 3.27. The Kier molecular flexibility index (Phi) is 4.34. The number of alkyl halides is 3. The van der Waals surface area contributed by atoms with Gasteiger partial charge in [-0.3, -0.25) is 0 Å². The van der Waals surface area contributed by atoms with Crippen LogP contribution in [0.4, 0.5) is 18.9 Å². The highest BCUT2D eigenvalue weighted by Gasteiger charge is 2.31. The number of nitrogens with one attached hydrogen (secondary N) is 1. The minimum Gasteiger partial charge on any atom is -0.452 e. The van der Waals surface area contributed by atoms with Crippen molar-refractivity contribution in [3.63, 3.8) is 0 Å². The summed E-state index contributed by atoms with van der Waals surface area (Å²) in [6.07, 6.45) is -4.43. The molecule has 0 saturated heterocycles. The third-order valence-electron chi connectivity index (χ3n) is 2.63. The molecule has 20 heavy (non-hydrogen) atoms. The molecule has 1 N–H and O–H groups in total. The van der Waals surface area contributed by atoms with E-state index >= 15 is 0 Å². The van der Waals surface area contributed by atoms with Crippen molar-refractivity contribution in [3.05, 3.63) is 51.3 Å². The molecule has 1 aromatic heterocycles. The molecule has 1 heterocycles. The van der Waals surface area contributed by atoms with Gasteiger partial charge in [0.05, 0.1) is 11.6 Å². The van der Waals surface area contributed by atoms with Crippen LogP contribution in [0.25, 0.3) is 0 Å². The lowest BCUT2D eigenvalue weighted by Crippen LogP contribution is -2.09. The summed E-state index contributed by atoms with van der Waals surface area (Å²) in [6, 6.07) is 6.50. The van der Waals surface area contributed by atoms with Crippen molar-refractivity contribution in [1.82, 2.24) is 0 Å². The summed E-state index contributed by atoms with van der Waals surface area (Å²) < 4.78 is 44.0. The monoisotopic (exact) mass is 367 g/mol. The van der Waals surface area contributed by atoms with Gasteiger partial charge in [-0.05, 0) is 53.2 Å². The van der Waals surface area contributed by atoms with Crippen molar-refractivity contribution >= 4 is 33.2 Å². The van der Waals surface area contributed by atoms with E-state index in [0.29, 0.717) is 10.4 Å². The molecule has 0 aliphatic rings. The topological polar surface area (TPSA) is 25.2 Å². The van der Waals surface area contributed by atoms with Crippen LogP contribution < -0.4 is 5.32 Å². The maximum Gasteiger partial charge on any atom is 0.416 e. The van der Waals surface area contributed by atoms with Crippen LogP contribution in [-0.4, -0.2) is 0 Å². The average molecular weight is 369 g/mol. The zero-order chi connectivity index (χ0) is 14.9. The summed E-state index contributed by atoms with van der Waals surface area (Å²) >= 11 is 8.89. The van der Waals surface area contributed by atoms with Gasteiger partial charge in [0, 0.05) is 10.7 Å². The Hall–Kier alpha value is -1.14. The van der Waals surface area contributed by atoms with Gasteiger partial charge < -0.3 is 9.73 Å². The summed E-state index contributed by atoms with van der Waals surface area (Å²) in [6.45, 7) is 1.78. The van der Waals surface area contributed by atoms with Crippen molar-refractivity contribution in [3.8, 4) is 0 Å². The lowest BCUT2D eigenvalue weighted by atomic mass is 10.1. The minimum absolute atomic E-state index is 0.0233. The molecular weight excluding hydrogens is 358 g/mol. The molecule has 0 bridgehead atoms. The van der Waals surface area contributed by atoms with E-state index in [4.69, 9.17) is 16.0 Å². The van der Waals surface area contributed by atoms with Gasteiger partial charge in [-0.2, -0.15) is 13.2 Å². The Bertz CT molecular complexity index is 612. The lowest BCUT2D eigenvalue weighted by molar-refractivity contribution is -0.137. The second-order valence-electron chi connectivity index (χ2n) is 4.23. The van der Waals surface area contributed by atoms with Crippen molar-refractivity contribution in [2.75, 3.05) is 5.32 Å². The Labute approximate surface area is 127 Å². The standard InChI is InChI=1S/C13H10BrClF3NO/c1-7(11-2-3-12(14)20-11)19-10-5-8(13(16,17)18)4-9(15)6-10/h2-7,19H,1H3. The van der Waals surface area contributed by atoms with E-state index < -0.39 is 11.7 Å². The first-order chi connectivity index (χ1) is 9.25. The first-order valence-corrected chi connectivity index (χ1v) is 6.82. The van der Waals surface area contributed by atoms with E-state index in [1.807, 2.05) is 0 Å². The molecule has 2 nitrogen and oxygen atoms in total. The Balaban J connectivity index is 2.23. The van der Waals surface area contributed by atoms with Crippen LogP contribution in [0.15, 0.2) is 39.4 Å². The van der Waals surface area contributed by atoms with E-state index in [0.717, 1.165) is 12.1 Å². The van der Waals surface area contributed by atoms with Gasteiger partial charge >= 0.3 is 6.18 Å². The number of furan rings is 1. The quantitative estimate of drug-likeness (QED) is 0.731. The summed E-state index contributed by atoms with van der Waals surface area (Å²) in [5, 5.41) is 2.95. The van der Waals surface area contributed by atoms with Gasteiger partial charge in [0.2, 0.25) is 0 Å². The molecule has 7 heteroatoms. The molecule has 2 aromatic rings. The molecule has 0 aliphatic heterocycles. The van der Waals surface area contributed by atoms with Crippen LogP contribution in [0.1, 0.15) is 24.3 Å². The number of rotatable bonds is 3. The first kappa shape index (κ1) is 15.3. The number of anilines is 1. The molecule has 0 radical (unpaired) electrons. The fraction of sp³-hybridized carbons (Fsp3) is 0.231. The van der Waals surface area contributed by atoms with E-state index in [-0.39, 0.29) is 16.8 Å². The largest absolute Gasteiger partial charge is 0.452 e. The molecule has 1 unspecified atom stereocenters. The minimum atomic E-state index is -4.43. The van der Waals surface area contributed by atoms with E-state index in [9.17, 15) is 13.2 Å². The molecule has 0 saturated carbocycles. The highest BCUT2D eigenvalue weighted by atomic mass is 79.9. The fourth-order valence-corrected chi connectivity index (χ4v) is 2.27. The van der Waals surface area contributed by atoms with Crippen LogP contribution in [0.3, 0.4) is 0 Å². The summed E-state index contributed by atoms with van der Waals surface area (Å²) in [4.78, 5) is 0. The van der Waals surface area contributed by atoms with Gasteiger partial charge in [-0.25, -0.2) is 0 Å². The maximum absolute atomic E-state index is 12.7. The molecule has 0 amide bonds. The molecular formula is C13H10BrClF3NO. The number of halogens is 5. The molecule has 1 aromatic carbocycles. The highest BCUT2D eigenvalue weighted by Crippen LogP contribution is 2.34. The van der Waals surface area contributed by atoms with Crippen molar-refractivity contribution in [1.29, 1.82) is 0 Å². The van der Waals surface area contributed by atoms with E-state index in [1.165, 1.54) is 6.07 Å². The second kappa shape index (κ2) is 5.69. The highest BCUT2D eigenvalue weighted by molar-refractivity contribution is 9.10. The van der Waals surface area contributed by atoms with E-state index in [2.05, 4.69) is 21.2 Å². The molecule has 0 fully saturated rings. The van der Waals surface area contributed by atoms with Gasteiger partial charge in [0.15, 0.2) is 4.67 Å². The van der Waals surface area contributed by atoms with Gasteiger partial charge in [0.1, 0.15) is 5.76 Å². The van der Waals surface area contributed by atoms with E-state index in [1.54, 1.807) is 19.1 Å². The van der Waals surface area contributed by atoms with Crippen LogP contribution >= 0.6 is 27.5 Å².